The molecule has 1 aromatic rings. The zero-order chi connectivity index (χ0) is 15.6. The van der Waals surface area contributed by atoms with Gasteiger partial charge in [-0.05, 0) is 31.0 Å². The Morgan fingerprint density at radius 1 is 1.30 bits per heavy atom. The van der Waals surface area contributed by atoms with Crippen LogP contribution in [-0.2, 0) is 10.0 Å². The predicted octanol–water partition coefficient (Wildman–Crippen LogP) is 2.34. The number of hydrogen-bond acceptors (Lipinski definition) is 3. The second-order valence-corrected chi connectivity index (χ2v) is 5.99. The van der Waals surface area contributed by atoms with Crippen LogP contribution in [0.1, 0.15) is 18.4 Å². The van der Waals surface area contributed by atoms with Gasteiger partial charge in [0.15, 0.2) is 0 Å². The molecule has 4 nitrogen and oxygen atoms in total. The summed E-state index contributed by atoms with van der Waals surface area (Å²) in [5.74, 6) is -1.000. The summed E-state index contributed by atoms with van der Waals surface area (Å²) in [6.07, 6.45) is -5.90. The Kier molecular flexibility index (Phi) is 4.98. The Labute approximate surface area is 114 Å². The average molecular weight is 314 g/mol. The molecular formula is C11H14F4N2O2S. The first kappa shape index (κ1) is 16.7. The molecule has 0 saturated heterocycles. The zero-order valence-electron chi connectivity index (χ0n) is 10.6. The van der Waals surface area contributed by atoms with Gasteiger partial charge in [-0.25, -0.2) is 17.5 Å². The molecular weight excluding hydrogens is 300 g/mol. The van der Waals surface area contributed by atoms with Gasteiger partial charge < -0.3 is 5.73 Å². The van der Waals surface area contributed by atoms with E-state index >= 15 is 0 Å². The summed E-state index contributed by atoms with van der Waals surface area (Å²) in [7, 11) is -4.22. The summed E-state index contributed by atoms with van der Waals surface area (Å²) in [5, 5.41) is 0. The molecule has 0 aliphatic heterocycles. The first-order chi connectivity index (χ1) is 9.03. The van der Waals surface area contributed by atoms with Crippen molar-refractivity contribution in [3.05, 3.63) is 23.5 Å². The van der Waals surface area contributed by atoms with Gasteiger partial charge in [0.1, 0.15) is 10.7 Å². The van der Waals surface area contributed by atoms with Gasteiger partial charge >= 0.3 is 6.18 Å². The highest BCUT2D eigenvalue weighted by molar-refractivity contribution is 7.89. The van der Waals surface area contributed by atoms with Gasteiger partial charge in [-0.15, -0.1) is 0 Å². The van der Waals surface area contributed by atoms with Gasteiger partial charge in [0, 0.05) is 18.7 Å². The predicted molar refractivity (Wildman–Crippen MR) is 66.0 cm³/mol. The molecule has 0 aliphatic carbocycles. The number of hydrogen-bond donors (Lipinski definition) is 2. The monoisotopic (exact) mass is 314 g/mol. The van der Waals surface area contributed by atoms with Gasteiger partial charge in [0.05, 0.1) is 0 Å². The molecule has 3 N–H and O–H groups in total. The van der Waals surface area contributed by atoms with E-state index in [0.29, 0.717) is 5.56 Å². The second-order valence-electron chi connectivity index (χ2n) is 4.26. The lowest BCUT2D eigenvalue weighted by molar-refractivity contribution is -0.135. The van der Waals surface area contributed by atoms with Crippen LogP contribution in [-0.4, -0.2) is 21.1 Å². The maximum absolute atomic E-state index is 13.6. The van der Waals surface area contributed by atoms with E-state index in [4.69, 9.17) is 5.73 Å². The smallest absolute Gasteiger partial charge is 0.389 e. The molecule has 9 heteroatoms. The van der Waals surface area contributed by atoms with E-state index < -0.39 is 46.3 Å². The molecule has 0 amide bonds. The molecule has 0 spiro atoms. The van der Waals surface area contributed by atoms with Gasteiger partial charge in [-0.3, -0.25) is 0 Å². The van der Waals surface area contributed by atoms with E-state index in [1.54, 1.807) is 0 Å². The molecule has 1 aromatic carbocycles. The van der Waals surface area contributed by atoms with E-state index in [-0.39, 0.29) is 5.69 Å². The lowest BCUT2D eigenvalue weighted by Crippen LogP contribution is -2.27. The highest BCUT2D eigenvalue weighted by Gasteiger charge is 2.27. The van der Waals surface area contributed by atoms with Gasteiger partial charge in [-0.1, -0.05) is 0 Å². The number of aryl methyl sites for hydroxylation is 1. The van der Waals surface area contributed by atoms with Crippen molar-refractivity contribution in [1.82, 2.24) is 4.72 Å². The zero-order valence-corrected chi connectivity index (χ0v) is 11.4. The molecule has 0 saturated carbocycles. The number of nitrogens with one attached hydrogen (secondary N) is 1. The highest BCUT2D eigenvalue weighted by atomic mass is 32.2. The van der Waals surface area contributed by atoms with Crippen LogP contribution in [0.2, 0.25) is 0 Å². The topological polar surface area (TPSA) is 72.2 Å². The molecule has 20 heavy (non-hydrogen) atoms. The molecule has 0 aliphatic rings. The number of anilines is 1. The molecule has 0 radical (unpaired) electrons. The van der Waals surface area contributed by atoms with Crippen LogP contribution >= 0.6 is 0 Å². The van der Waals surface area contributed by atoms with Crippen molar-refractivity contribution in [1.29, 1.82) is 0 Å². The van der Waals surface area contributed by atoms with Crippen LogP contribution in [0.4, 0.5) is 23.2 Å². The van der Waals surface area contributed by atoms with Crippen molar-refractivity contribution in [2.45, 2.75) is 30.8 Å². The third kappa shape index (κ3) is 4.64. The third-order valence-electron chi connectivity index (χ3n) is 2.54. The van der Waals surface area contributed by atoms with Crippen molar-refractivity contribution in [2.24, 2.45) is 0 Å². The van der Waals surface area contributed by atoms with Gasteiger partial charge in [-0.2, -0.15) is 13.2 Å². The molecule has 0 aromatic heterocycles. The highest BCUT2D eigenvalue weighted by Crippen LogP contribution is 2.22. The number of alkyl halides is 3. The van der Waals surface area contributed by atoms with Crippen LogP contribution in [0.25, 0.3) is 0 Å². The Bertz CT molecular complexity index is 585. The molecule has 0 atom stereocenters. The summed E-state index contributed by atoms with van der Waals surface area (Å²) in [6.45, 7) is 1.07. The summed E-state index contributed by atoms with van der Waals surface area (Å²) >= 11 is 0. The fourth-order valence-corrected chi connectivity index (χ4v) is 2.61. The lowest BCUT2D eigenvalue weighted by Gasteiger charge is -2.10. The number of sulfonamides is 1. The minimum Gasteiger partial charge on any atom is -0.398 e. The van der Waals surface area contributed by atoms with Gasteiger partial charge in [0.25, 0.3) is 0 Å². The largest absolute Gasteiger partial charge is 0.398 e. The summed E-state index contributed by atoms with van der Waals surface area (Å²) in [5.41, 5.74) is 5.95. The van der Waals surface area contributed by atoms with Crippen LogP contribution < -0.4 is 10.5 Å². The number of rotatable bonds is 5. The fourth-order valence-electron chi connectivity index (χ4n) is 1.45. The number of nitrogens with two attached hydrogens (primary N) is 1. The summed E-state index contributed by atoms with van der Waals surface area (Å²) < 4.78 is 74.7. The normalized spacial score (nSPS) is 12.7. The Hall–Kier alpha value is -1.35. The quantitative estimate of drug-likeness (QED) is 0.498. The van der Waals surface area contributed by atoms with Crippen molar-refractivity contribution < 1.29 is 26.0 Å². The molecule has 114 valence electrons. The summed E-state index contributed by atoms with van der Waals surface area (Å²) in [6, 6.07) is 1.90. The Balaban J connectivity index is 2.77. The first-order valence-electron chi connectivity index (χ1n) is 5.65. The number of halogens is 4. The molecule has 0 heterocycles. The van der Waals surface area contributed by atoms with Crippen LogP contribution in [0.3, 0.4) is 0 Å². The minimum atomic E-state index is -4.36. The minimum absolute atomic E-state index is 0.0852. The SMILES string of the molecule is Cc1cc(F)c(S(=O)(=O)NCCCC(F)(F)F)cc1N. The van der Waals surface area contributed by atoms with Gasteiger partial charge in [0.2, 0.25) is 10.0 Å². The first-order valence-corrected chi connectivity index (χ1v) is 7.13. The Morgan fingerprint density at radius 2 is 1.90 bits per heavy atom. The maximum Gasteiger partial charge on any atom is 0.389 e. The molecule has 0 bridgehead atoms. The lowest BCUT2D eigenvalue weighted by atomic mass is 10.2. The van der Waals surface area contributed by atoms with E-state index in [2.05, 4.69) is 0 Å². The summed E-state index contributed by atoms with van der Waals surface area (Å²) in [4.78, 5) is -0.674. The second kappa shape index (κ2) is 5.96. The Morgan fingerprint density at radius 3 is 2.45 bits per heavy atom. The van der Waals surface area contributed by atoms with Crippen molar-refractivity contribution in [3.8, 4) is 0 Å². The van der Waals surface area contributed by atoms with E-state index in [1.165, 1.54) is 6.92 Å². The maximum atomic E-state index is 13.6. The van der Waals surface area contributed by atoms with E-state index in [0.717, 1.165) is 12.1 Å². The van der Waals surface area contributed by atoms with Crippen molar-refractivity contribution in [3.63, 3.8) is 0 Å². The van der Waals surface area contributed by atoms with Crippen LogP contribution in [0.5, 0.6) is 0 Å². The van der Waals surface area contributed by atoms with Crippen molar-refractivity contribution >= 4 is 15.7 Å². The standard InChI is InChI=1S/C11H14F4N2O2S/c1-7-5-8(12)10(6-9(7)16)20(18,19)17-4-2-3-11(13,14)15/h5-6,17H,2-4,16H2,1H3. The molecule has 0 fully saturated rings. The average Bonchev–Trinajstić information content (AvgIpc) is 2.28. The molecule has 1 rings (SSSR count). The number of nitrogen functional groups attached to an aromatic ring is 1. The number of benzene rings is 1. The van der Waals surface area contributed by atoms with Crippen molar-refractivity contribution in [2.75, 3.05) is 12.3 Å². The van der Waals surface area contributed by atoms with Crippen LogP contribution in [0.15, 0.2) is 17.0 Å². The fraction of sp³-hybridized carbons (Fsp3) is 0.455. The molecule has 0 unspecified atom stereocenters. The van der Waals surface area contributed by atoms with Crippen LogP contribution in [0, 0.1) is 12.7 Å². The van der Waals surface area contributed by atoms with E-state index in [1.807, 2.05) is 4.72 Å². The third-order valence-corrected chi connectivity index (χ3v) is 4.02. The van der Waals surface area contributed by atoms with E-state index in [9.17, 15) is 26.0 Å².